The summed E-state index contributed by atoms with van der Waals surface area (Å²) in [6, 6.07) is 16.3. The number of nitrogens with one attached hydrogen (secondary N) is 2. The molecule has 2 heterocycles. The first-order valence-electron chi connectivity index (χ1n) is 11.0. The summed E-state index contributed by atoms with van der Waals surface area (Å²) in [5.74, 6) is 0.946. The Labute approximate surface area is 215 Å². The van der Waals surface area contributed by atoms with Gasteiger partial charge in [0.1, 0.15) is 12.1 Å². The standard InChI is InChI=1S/C25H27FN6O.HI/c1-2-27-25(29-16-20-6-3-4-7-21(20)17-32-15-5-13-30-32)28-14-12-23-18-33-24(31-23)19-8-10-22(26)11-9-19;/h3-11,13,15,18H,2,12,14,16-17H2,1H3,(H2,27,28,29);1H. The highest BCUT2D eigenvalue weighted by Gasteiger charge is 2.08. The molecule has 4 aromatic rings. The Balaban J connectivity index is 0.00000324. The van der Waals surface area contributed by atoms with Crippen LogP contribution in [-0.2, 0) is 19.5 Å². The molecular weight excluding hydrogens is 546 g/mol. The van der Waals surface area contributed by atoms with Gasteiger partial charge in [0.15, 0.2) is 5.96 Å². The predicted octanol–water partition coefficient (Wildman–Crippen LogP) is 4.64. The summed E-state index contributed by atoms with van der Waals surface area (Å²) in [5, 5.41) is 10.9. The Morgan fingerprint density at radius 1 is 1.06 bits per heavy atom. The zero-order chi connectivity index (χ0) is 22.9. The average molecular weight is 574 g/mol. The number of hydrogen-bond donors (Lipinski definition) is 2. The smallest absolute Gasteiger partial charge is 0.226 e. The fraction of sp³-hybridized carbons (Fsp3) is 0.240. The number of aromatic nitrogens is 3. The van der Waals surface area contributed by atoms with E-state index in [0.717, 1.165) is 29.3 Å². The van der Waals surface area contributed by atoms with Crippen LogP contribution in [0.1, 0.15) is 23.7 Å². The van der Waals surface area contributed by atoms with Gasteiger partial charge in [-0.05, 0) is 48.4 Å². The second-order valence-corrected chi connectivity index (χ2v) is 7.50. The zero-order valence-corrected chi connectivity index (χ0v) is 21.3. The minimum Gasteiger partial charge on any atom is -0.444 e. The lowest BCUT2D eigenvalue weighted by Gasteiger charge is -2.12. The third-order valence-corrected chi connectivity index (χ3v) is 5.08. The summed E-state index contributed by atoms with van der Waals surface area (Å²) in [5.41, 5.74) is 3.92. The van der Waals surface area contributed by atoms with Crippen LogP contribution in [0.25, 0.3) is 11.5 Å². The van der Waals surface area contributed by atoms with Gasteiger partial charge in [-0.1, -0.05) is 24.3 Å². The number of halogens is 2. The molecule has 0 saturated carbocycles. The summed E-state index contributed by atoms with van der Waals surface area (Å²) in [6.07, 6.45) is 6.05. The lowest BCUT2D eigenvalue weighted by atomic mass is 10.1. The second-order valence-electron chi connectivity index (χ2n) is 7.50. The Hall–Kier alpha value is -3.21. The molecule has 0 saturated heterocycles. The van der Waals surface area contributed by atoms with Crippen LogP contribution >= 0.6 is 24.0 Å². The Morgan fingerprint density at radius 2 is 1.85 bits per heavy atom. The number of rotatable bonds is 9. The molecule has 0 unspecified atom stereocenters. The summed E-state index contributed by atoms with van der Waals surface area (Å²) in [7, 11) is 0. The summed E-state index contributed by atoms with van der Waals surface area (Å²) in [6.45, 7) is 4.72. The van der Waals surface area contributed by atoms with Crippen molar-refractivity contribution in [1.82, 2.24) is 25.4 Å². The van der Waals surface area contributed by atoms with E-state index in [0.29, 0.717) is 31.9 Å². The van der Waals surface area contributed by atoms with Gasteiger partial charge in [0.05, 0.1) is 18.8 Å². The first kappa shape index (κ1) is 25.4. The topological polar surface area (TPSA) is 80.3 Å². The Morgan fingerprint density at radius 3 is 2.59 bits per heavy atom. The van der Waals surface area contributed by atoms with E-state index in [1.165, 1.54) is 17.7 Å². The molecule has 34 heavy (non-hydrogen) atoms. The van der Waals surface area contributed by atoms with Gasteiger partial charge in [0.2, 0.25) is 5.89 Å². The van der Waals surface area contributed by atoms with Gasteiger partial charge in [-0.2, -0.15) is 5.10 Å². The van der Waals surface area contributed by atoms with Crippen molar-refractivity contribution in [2.24, 2.45) is 4.99 Å². The number of guanidine groups is 1. The highest BCUT2D eigenvalue weighted by molar-refractivity contribution is 14.0. The molecule has 2 N–H and O–H groups in total. The normalized spacial score (nSPS) is 11.2. The third-order valence-electron chi connectivity index (χ3n) is 5.08. The van der Waals surface area contributed by atoms with Crippen molar-refractivity contribution in [3.63, 3.8) is 0 Å². The summed E-state index contributed by atoms with van der Waals surface area (Å²) in [4.78, 5) is 9.25. The van der Waals surface area contributed by atoms with Crippen molar-refractivity contribution in [3.05, 3.63) is 95.9 Å². The third kappa shape index (κ3) is 7.14. The van der Waals surface area contributed by atoms with Crippen molar-refractivity contribution >= 4 is 29.9 Å². The molecular formula is C25H28FIN6O. The van der Waals surface area contributed by atoms with E-state index in [9.17, 15) is 4.39 Å². The fourth-order valence-electron chi connectivity index (χ4n) is 3.40. The molecule has 178 valence electrons. The Kier molecular flexibility index (Phi) is 9.62. The first-order chi connectivity index (χ1) is 16.2. The molecule has 0 fully saturated rings. The van der Waals surface area contributed by atoms with Crippen LogP contribution in [0.3, 0.4) is 0 Å². The Bertz CT molecular complexity index is 1170. The van der Waals surface area contributed by atoms with Gasteiger partial charge in [0, 0.05) is 37.5 Å². The number of oxazole rings is 1. The molecule has 0 aliphatic rings. The maximum absolute atomic E-state index is 13.1. The number of hydrogen-bond acceptors (Lipinski definition) is 4. The van der Waals surface area contributed by atoms with Crippen LogP contribution in [0, 0.1) is 5.82 Å². The van der Waals surface area contributed by atoms with Gasteiger partial charge < -0.3 is 15.1 Å². The number of aliphatic imine (C=N–C) groups is 1. The van der Waals surface area contributed by atoms with Crippen molar-refractivity contribution < 1.29 is 8.81 Å². The maximum Gasteiger partial charge on any atom is 0.226 e. The van der Waals surface area contributed by atoms with E-state index in [1.807, 2.05) is 36.0 Å². The minimum absolute atomic E-state index is 0. The molecule has 0 aliphatic carbocycles. The molecule has 7 nitrogen and oxygen atoms in total. The van der Waals surface area contributed by atoms with E-state index < -0.39 is 0 Å². The quantitative estimate of drug-likeness (QED) is 0.173. The molecule has 2 aromatic heterocycles. The van der Waals surface area contributed by atoms with Crippen LogP contribution in [0.2, 0.25) is 0 Å². The highest BCUT2D eigenvalue weighted by atomic mass is 127. The zero-order valence-electron chi connectivity index (χ0n) is 18.9. The van der Waals surface area contributed by atoms with Crippen molar-refractivity contribution in [2.75, 3.05) is 13.1 Å². The van der Waals surface area contributed by atoms with Gasteiger partial charge in [-0.25, -0.2) is 14.4 Å². The fourth-order valence-corrected chi connectivity index (χ4v) is 3.40. The van der Waals surface area contributed by atoms with Gasteiger partial charge in [-0.3, -0.25) is 4.68 Å². The van der Waals surface area contributed by atoms with E-state index in [1.54, 1.807) is 24.6 Å². The van der Waals surface area contributed by atoms with Crippen LogP contribution in [0.4, 0.5) is 4.39 Å². The van der Waals surface area contributed by atoms with Crippen LogP contribution in [0.5, 0.6) is 0 Å². The molecule has 2 aromatic carbocycles. The second kappa shape index (κ2) is 12.9. The summed E-state index contributed by atoms with van der Waals surface area (Å²) >= 11 is 0. The largest absolute Gasteiger partial charge is 0.444 e. The lowest BCUT2D eigenvalue weighted by molar-refractivity contribution is 0.571. The highest BCUT2D eigenvalue weighted by Crippen LogP contribution is 2.19. The maximum atomic E-state index is 13.1. The molecule has 0 amide bonds. The predicted molar refractivity (Wildman–Crippen MR) is 142 cm³/mol. The van der Waals surface area contributed by atoms with Crippen LogP contribution in [-0.4, -0.2) is 33.8 Å². The minimum atomic E-state index is -0.283. The SMILES string of the molecule is CCNC(=NCc1ccccc1Cn1cccn1)NCCc1coc(-c2ccc(F)cc2)n1.I. The monoisotopic (exact) mass is 574 g/mol. The molecule has 0 bridgehead atoms. The van der Waals surface area contributed by atoms with Crippen LogP contribution < -0.4 is 10.6 Å². The van der Waals surface area contributed by atoms with Gasteiger partial charge >= 0.3 is 0 Å². The van der Waals surface area contributed by atoms with E-state index in [2.05, 4.69) is 32.8 Å². The van der Waals surface area contributed by atoms with E-state index in [-0.39, 0.29) is 29.8 Å². The molecule has 0 aliphatic heterocycles. The molecule has 9 heteroatoms. The van der Waals surface area contributed by atoms with Gasteiger partial charge in [-0.15, -0.1) is 24.0 Å². The first-order valence-corrected chi connectivity index (χ1v) is 11.0. The van der Waals surface area contributed by atoms with Gasteiger partial charge in [0.25, 0.3) is 0 Å². The lowest BCUT2D eigenvalue weighted by Crippen LogP contribution is -2.38. The molecule has 0 atom stereocenters. The molecule has 0 radical (unpaired) electrons. The van der Waals surface area contributed by atoms with Crippen molar-refractivity contribution in [1.29, 1.82) is 0 Å². The molecule has 0 spiro atoms. The molecule has 4 rings (SSSR count). The van der Waals surface area contributed by atoms with Crippen molar-refractivity contribution in [3.8, 4) is 11.5 Å². The van der Waals surface area contributed by atoms with Crippen molar-refractivity contribution in [2.45, 2.75) is 26.4 Å². The van der Waals surface area contributed by atoms with Crippen LogP contribution in [0.15, 0.2) is 82.7 Å². The van der Waals surface area contributed by atoms with E-state index >= 15 is 0 Å². The summed E-state index contributed by atoms with van der Waals surface area (Å²) < 4.78 is 20.6. The number of benzene rings is 2. The number of nitrogens with zero attached hydrogens (tertiary/aromatic N) is 4. The van der Waals surface area contributed by atoms with E-state index in [4.69, 9.17) is 9.41 Å². The average Bonchev–Trinajstić information content (AvgIpc) is 3.51.